The first-order valence-electron chi connectivity index (χ1n) is 4.58. The van der Waals surface area contributed by atoms with Crippen LogP contribution in [0.1, 0.15) is 13.8 Å². The Morgan fingerprint density at radius 3 is 2.54 bits per heavy atom. The average molecular weight is 185 g/mol. The standard InChI is InChI=1S/C9H17N2O2/c1-7-5-11(4-3-9(10)12)6-8(2)13-7/h3,7-8H,4-6H2,1-2H3,(H2,10,12)/t7-,8?/m1/s1. The number of hydrogen-bond acceptors (Lipinski definition) is 3. The van der Waals surface area contributed by atoms with Crippen molar-refractivity contribution < 1.29 is 9.53 Å². The normalized spacial score (nSPS) is 30.3. The van der Waals surface area contributed by atoms with Crippen LogP contribution in [0.4, 0.5) is 0 Å². The summed E-state index contributed by atoms with van der Waals surface area (Å²) >= 11 is 0. The molecule has 0 aromatic heterocycles. The van der Waals surface area contributed by atoms with Crippen molar-refractivity contribution in [2.75, 3.05) is 19.6 Å². The summed E-state index contributed by atoms with van der Waals surface area (Å²) in [6, 6.07) is 0. The molecule has 1 fully saturated rings. The minimum absolute atomic E-state index is 0.241. The molecule has 0 aromatic carbocycles. The first-order chi connectivity index (χ1) is 6.08. The topological polar surface area (TPSA) is 55.6 Å². The first kappa shape index (κ1) is 10.5. The number of ether oxygens (including phenoxy) is 1. The van der Waals surface area contributed by atoms with Crippen LogP contribution in [0, 0.1) is 6.42 Å². The number of nitrogens with two attached hydrogens (primary N) is 1. The van der Waals surface area contributed by atoms with Gasteiger partial charge >= 0.3 is 0 Å². The van der Waals surface area contributed by atoms with Gasteiger partial charge in [0.2, 0.25) is 5.91 Å². The molecule has 0 bridgehead atoms. The van der Waals surface area contributed by atoms with Gasteiger partial charge in [0.05, 0.1) is 18.6 Å². The van der Waals surface area contributed by atoms with Gasteiger partial charge in [0.25, 0.3) is 0 Å². The third kappa shape index (κ3) is 3.74. The first-order valence-corrected chi connectivity index (χ1v) is 4.58. The Bertz CT molecular complexity index is 174. The Morgan fingerprint density at radius 2 is 2.08 bits per heavy atom. The molecule has 1 aliphatic rings. The predicted octanol–water partition coefficient (Wildman–Crippen LogP) is -0.215. The fourth-order valence-corrected chi connectivity index (χ4v) is 1.65. The SMILES string of the molecule is CC1CN(C[CH]C(N)=O)C[C@@H](C)O1. The summed E-state index contributed by atoms with van der Waals surface area (Å²) in [5, 5.41) is 0. The lowest BCUT2D eigenvalue weighted by Gasteiger charge is -2.34. The molecule has 1 rings (SSSR count). The maximum atomic E-state index is 10.5. The third-order valence-corrected chi connectivity index (χ3v) is 2.05. The van der Waals surface area contributed by atoms with Crippen LogP contribution in [-0.2, 0) is 9.53 Å². The number of hydrogen-bond donors (Lipinski definition) is 1. The van der Waals surface area contributed by atoms with Crippen molar-refractivity contribution >= 4 is 5.91 Å². The van der Waals surface area contributed by atoms with E-state index in [9.17, 15) is 4.79 Å². The average Bonchev–Trinajstić information content (AvgIpc) is 1.99. The van der Waals surface area contributed by atoms with Crippen LogP contribution in [-0.4, -0.2) is 42.6 Å². The highest BCUT2D eigenvalue weighted by atomic mass is 16.5. The van der Waals surface area contributed by atoms with Gasteiger partial charge in [0.1, 0.15) is 0 Å². The Hall–Kier alpha value is -0.610. The van der Waals surface area contributed by atoms with Crippen LogP contribution in [0.15, 0.2) is 0 Å². The molecular weight excluding hydrogens is 168 g/mol. The Morgan fingerprint density at radius 1 is 1.54 bits per heavy atom. The summed E-state index contributed by atoms with van der Waals surface area (Å²) in [5.41, 5.74) is 5.03. The van der Waals surface area contributed by atoms with E-state index >= 15 is 0 Å². The van der Waals surface area contributed by atoms with Crippen LogP contribution >= 0.6 is 0 Å². The van der Waals surface area contributed by atoms with E-state index in [-0.39, 0.29) is 18.1 Å². The summed E-state index contributed by atoms with van der Waals surface area (Å²) < 4.78 is 5.55. The summed E-state index contributed by atoms with van der Waals surface area (Å²) in [6.45, 7) is 6.44. The molecule has 1 amide bonds. The highest BCUT2D eigenvalue weighted by Crippen LogP contribution is 2.10. The minimum Gasteiger partial charge on any atom is -0.373 e. The summed E-state index contributed by atoms with van der Waals surface area (Å²) in [6.07, 6.45) is 1.99. The highest BCUT2D eigenvalue weighted by molar-refractivity contribution is 5.83. The second-order valence-corrected chi connectivity index (χ2v) is 3.58. The molecule has 0 spiro atoms. The highest BCUT2D eigenvalue weighted by Gasteiger charge is 2.21. The van der Waals surface area contributed by atoms with Crippen LogP contribution in [0.2, 0.25) is 0 Å². The Kier molecular flexibility index (Phi) is 3.69. The molecule has 2 atom stereocenters. The third-order valence-electron chi connectivity index (χ3n) is 2.05. The molecule has 0 aliphatic carbocycles. The van der Waals surface area contributed by atoms with E-state index in [2.05, 4.69) is 4.90 Å². The molecule has 1 heterocycles. The van der Waals surface area contributed by atoms with E-state index in [4.69, 9.17) is 10.5 Å². The summed E-state index contributed by atoms with van der Waals surface area (Å²) in [7, 11) is 0. The van der Waals surface area contributed by atoms with E-state index in [1.165, 1.54) is 6.42 Å². The molecule has 1 unspecified atom stereocenters. The number of primary amides is 1. The van der Waals surface area contributed by atoms with E-state index in [0.29, 0.717) is 6.54 Å². The summed E-state index contributed by atoms with van der Waals surface area (Å²) in [4.78, 5) is 12.7. The Labute approximate surface area is 79.0 Å². The van der Waals surface area contributed by atoms with E-state index in [0.717, 1.165) is 13.1 Å². The molecule has 75 valence electrons. The van der Waals surface area contributed by atoms with Gasteiger partial charge in [0, 0.05) is 19.6 Å². The monoisotopic (exact) mass is 185 g/mol. The van der Waals surface area contributed by atoms with Crippen LogP contribution in [0.3, 0.4) is 0 Å². The molecule has 4 heteroatoms. The van der Waals surface area contributed by atoms with Gasteiger partial charge in [-0.2, -0.15) is 0 Å². The van der Waals surface area contributed by atoms with Crippen LogP contribution < -0.4 is 5.73 Å². The molecule has 4 nitrogen and oxygen atoms in total. The van der Waals surface area contributed by atoms with Gasteiger partial charge in [-0.1, -0.05) is 0 Å². The number of amides is 1. The molecule has 0 aromatic rings. The molecule has 2 N–H and O–H groups in total. The molecule has 13 heavy (non-hydrogen) atoms. The number of carbonyl (C=O) groups is 1. The van der Waals surface area contributed by atoms with Gasteiger partial charge in [-0.25, -0.2) is 0 Å². The molecule has 0 saturated carbocycles. The molecule has 1 radical (unpaired) electrons. The molecule has 1 saturated heterocycles. The lowest BCUT2D eigenvalue weighted by Crippen LogP contribution is -2.46. The minimum atomic E-state index is -0.355. The van der Waals surface area contributed by atoms with Crippen molar-refractivity contribution in [2.24, 2.45) is 5.73 Å². The van der Waals surface area contributed by atoms with Gasteiger partial charge in [-0.15, -0.1) is 0 Å². The fourth-order valence-electron chi connectivity index (χ4n) is 1.65. The maximum absolute atomic E-state index is 10.5. The van der Waals surface area contributed by atoms with Crippen LogP contribution in [0.25, 0.3) is 0 Å². The number of morpholine rings is 1. The van der Waals surface area contributed by atoms with E-state index < -0.39 is 0 Å². The van der Waals surface area contributed by atoms with E-state index in [1.54, 1.807) is 0 Å². The van der Waals surface area contributed by atoms with Crippen molar-refractivity contribution in [3.8, 4) is 0 Å². The zero-order valence-corrected chi connectivity index (χ0v) is 8.19. The fraction of sp³-hybridized carbons (Fsp3) is 0.778. The van der Waals surface area contributed by atoms with E-state index in [1.807, 2.05) is 13.8 Å². The molecular formula is C9H17N2O2. The number of rotatable bonds is 3. The number of nitrogens with zero attached hydrogens (tertiary/aromatic N) is 1. The number of carbonyl (C=O) groups excluding carboxylic acids is 1. The van der Waals surface area contributed by atoms with Crippen molar-refractivity contribution in [3.05, 3.63) is 6.42 Å². The largest absolute Gasteiger partial charge is 0.373 e. The zero-order valence-electron chi connectivity index (χ0n) is 8.19. The lowest BCUT2D eigenvalue weighted by atomic mass is 10.2. The smallest absolute Gasteiger partial charge is 0.222 e. The van der Waals surface area contributed by atoms with Crippen molar-refractivity contribution in [3.63, 3.8) is 0 Å². The van der Waals surface area contributed by atoms with Gasteiger partial charge in [-0.3, -0.25) is 9.69 Å². The van der Waals surface area contributed by atoms with Crippen LogP contribution in [0.5, 0.6) is 0 Å². The predicted molar refractivity (Wildman–Crippen MR) is 49.9 cm³/mol. The second kappa shape index (κ2) is 4.58. The summed E-state index contributed by atoms with van der Waals surface area (Å²) in [5.74, 6) is -0.355. The van der Waals surface area contributed by atoms with Crippen molar-refractivity contribution in [1.29, 1.82) is 0 Å². The maximum Gasteiger partial charge on any atom is 0.222 e. The van der Waals surface area contributed by atoms with Crippen molar-refractivity contribution in [2.45, 2.75) is 26.1 Å². The quantitative estimate of drug-likeness (QED) is 0.661. The Balaban J connectivity index is 2.28. The van der Waals surface area contributed by atoms with Gasteiger partial charge < -0.3 is 10.5 Å². The van der Waals surface area contributed by atoms with Gasteiger partial charge in [-0.05, 0) is 13.8 Å². The molecule has 1 aliphatic heterocycles. The second-order valence-electron chi connectivity index (χ2n) is 3.58. The lowest BCUT2D eigenvalue weighted by molar-refractivity contribution is -0.115. The van der Waals surface area contributed by atoms with Gasteiger partial charge in [0.15, 0.2) is 0 Å². The zero-order chi connectivity index (χ0) is 9.84. The van der Waals surface area contributed by atoms with Crippen molar-refractivity contribution in [1.82, 2.24) is 4.90 Å².